The molecule has 10 heteroatoms. The lowest BCUT2D eigenvalue weighted by molar-refractivity contribution is -0.137. The van der Waals surface area contributed by atoms with Crippen molar-refractivity contribution in [2.24, 2.45) is 0 Å². The number of para-hydroxylation sites is 1. The van der Waals surface area contributed by atoms with Crippen LogP contribution in [-0.2, 0) is 11.2 Å². The van der Waals surface area contributed by atoms with Gasteiger partial charge >= 0.3 is 0 Å². The number of ether oxygens (including phenoxy) is 3. The minimum Gasteiger partial charge on any atom is -0.496 e. The first-order chi connectivity index (χ1) is 19.9. The molecule has 208 valence electrons. The fourth-order valence-corrected chi connectivity index (χ4v) is 6.24. The summed E-state index contributed by atoms with van der Waals surface area (Å²) in [7, 11) is 3.31. The summed E-state index contributed by atoms with van der Waals surface area (Å²) in [5.74, 6) is 0.934. The van der Waals surface area contributed by atoms with E-state index in [4.69, 9.17) is 25.8 Å². The Balaban J connectivity index is 1.59. The quantitative estimate of drug-likeness (QED) is 0.233. The maximum Gasteiger partial charge on any atom is 0.263 e. The number of carbonyl (C=O) groups is 1. The van der Waals surface area contributed by atoms with E-state index in [1.165, 1.54) is 29.8 Å². The molecular formula is C31H25ClFN3O4S. The van der Waals surface area contributed by atoms with Gasteiger partial charge in [0, 0.05) is 34.5 Å². The second-order valence-electron chi connectivity index (χ2n) is 9.54. The van der Waals surface area contributed by atoms with Crippen LogP contribution in [0.4, 0.5) is 4.39 Å². The Kier molecular flexibility index (Phi) is 7.47. The number of methoxy groups -OCH3 is 1. The van der Waals surface area contributed by atoms with Gasteiger partial charge in [-0.05, 0) is 47.5 Å². The van der Waals surface area contributed by atoms with Gasteiger partial charge in [0.15, 0.2) is 6.10 Å². The van der Waals surface area contributed by atoms with Gasteiger partial charge in [-0.3, -0.25) is 4.79 Å². The average molecular weight is 590 g/mol. The Bertz CT molecular complexity index is 1740. The molecule has 0 saturated heterocycles. The number of carbonyl (C=O) groups excluding carboxylic acids is 1. The number of amides is 1. The SMILES string of the molecule is COc1ccccc1CC1Oc2ncnc3sc(-c4ccc(F)cc4)c(c23)-c2cc(Cl)ccc2OCCN(C)C1=O. The third kappa shape index (κ3) is 5.30. The predicted molar refractivity (Wildman–Crippen MR) is 158 cm³/mol. The van der Waals surface area contributed by atoms with Crippen LogP contribution in [0.15, 0.2) is 73.1 Å². The number of benzene rings is 3. The standard InChI is InChI=1S/C31H25ClFN3O4S/c1-36-13-14-39-24-12-9-20(32)16-22(24)26-27-29(40-25(31(36)37)15-19-5-3-4-6-23(19)38-2)34-17-35-30(27)41-28(26)18-7-10-21(33)11-8-18/h3-12,16-17,25H,13-15H2,1-2H3. The van der Waals surface area contributed by atoms with Crippen molar-refractivity contribution in [3.05, 3.63) is 89.5 Å². The minimum absolute atomic E-state index is 0.223. The number of fused-ring (bicyclic) bond motifs is 2. The zero-order chi connectivity index (χ0) is 28.5. The van der Waals surface area contributed by atoms with Crippen molar-refractivity contribution in [3.8, 4) is 38.9 Å². The third-order valence-corrected chi connectivity index (χ3v) is 8.34. The molecule has 0 fully saturated rings. The van der Waals surface area contributed by atoms with Crippen LogP contribution in [0.3, 0.4) is 0 Å². The number of hydrogen-bond donors (Lipinski definition) is 0. The molecule has 6 rings (SSSR count). The summed E-state index contributed by atoms with van der Waals surface area (Å²) in [6.07, 6.45) is 0.767. The number of halogens is 2. The molecule has 0 radical (unpaired) electrons. The first-order valence-corrected chi connectivity index (χ1v) is 14.1. The number of nitrogens with zero attached hydrogens (tertiary/aromatic N) is 3. The van der Waals surface area contributed by atoms with Gasteiger partial charge in [-0.1, -0.05) is 41.9 Å². The molecule has 3 heterocycles. The monoisotopic (exact) mass is 589 g/mol. The molecule has 1 unspecified atom stereocenters. The summed E-state index contributed by atoms with van der Waals surface area (Å²) in [5.41, 5.74) is 3.07. The van der Waals surface area contributed by atoms with E-state index in [2.05, 4.69) is 9.97 Å². The molecule has 3 aromatic carbocycles. The highest BCUT2D eigenvalue weighted by Gasteiger charge is 2.30. The van der Waals surface area contributed by atoms with Crippen LogP contribution in [0, 0.1) is 5.82 Å². The number of hydrogen-bond acceptors (Lipinski definition) is 7. The Morgan fingerprint density at radius 1 is 1.12 bits per heavy atom. The van der Waals surface area contributed by atoms with Crippen LogP contribution in [0.25, 0.3) is 31.8 Å². The molecule has 1 aliphatic heterocycles. The van der Waals surface area contributed by atoms with E-state index in [9.17, 15) is 9.18 Å². The van der Waals surface area contributed by atoms with Crippen LogP contribution in [0.5, 0.6) is 17.4 Å². The number of likely N-dealkylation sites (N-methyl/N-ethyl adjacent to an activating group) is 1. The molecule has 1 amide bonds. The third-order valence-electron chi connectivity index (χ3n) is 6.96. The maximum atomic E-state index is 13.9. The van der Waals surface area contributed by atoms with Crippen molar-refractivity contribution in [1.29, 1.82) is 0 Å². The van der Waals surface area contributed by atoms with Gasteiger partial charge in [0.2, 0.25) is 5.88 Å². The predicted octanol–water partition coefficient (Wildman–Crippen LogP) is 6.67. The van der Waals surface area contributed by atoms with E-state index in [0.717, 1.165) is 27.1 Å². The molecule has 1 aliphatic rings. The lowest BCUT2D eigenvalue weighted by atomic mass is 9.98. The summed E-state index contributed by atoms with van der Waals surface area (Å²) >= 11 is 7.92. The van der Waals surface area contributed by atoms with Crippen molar-refractivity contribution < 1.29 is 23.4 Å². The normalized spacial score (nSPS) is 15.4. The van der Waals surface area contributed by atoms with Crippen LogP contribution in [0.2, 0.25) is 5.02 Å². The number of aromatic nitrogens is 2. The van der Waals surface area contributed by atoms with Crippen molar-refractivity contribution in [2.75, 3.05) is 27.3 Å². The van der Waals surface area contributed by atoms with Gasteiger partial charge in [-0.2, -0.15) is 0 Å². The molecule has 0 spiro atoms. The molecule has 7 nitrogen and oxygen atoms in total. The van der Waals surface area contributed by atoms with E-state index in [1.54, 1.807) is 43.3 Å². The molecule has 2 aromatic heterocycles. The second-order valence-corrected chi connectivity index (χ2v) is 11.0. The van der Waals surface area contributed by atoms with E-state index < -0.39 is 6.10 Å². The van der Waals surface area contributed by atoms with E-state index in [1.807, 2.05) is 30.3 Å². The van der Waals surface area contributed by atoms with E-state index in [0.29, 0.717) is 33.3 Å². The largest absolute Gasteiger partial charge is 0.496 e. The lowest BCUT2D eigenvalue weighted by Crippen LogP contribution is -2.43. The van der Waals surface area contributed by atoms with E-state index >= 15 is 0 Å². The second kappa shape index (κ2) is 11.3. The van der Waals surface area contributed by atoms with Crippen LogP contribution >= 0.6 is 22.9 Å². The maximum absolute atomic E-state index is 13.9. The zero-order valence-corrected chi connectivity index (χ0v) is 23.8. The fourth-order valence-electron chi connectivity index (χ4n) is 4.92. The van der Waals surface area contributed by atoms with Crippen LogP contribution in [-0.4, -0.2) is 54.2 Å². The first kappa shape index (κ1) is 27.0. The van der Waals surface area contributed by atoms with Gasteiger partial charge in [0.05, 0.1) is 19.0 Å². The summed E-state index contributed by atoms with van der Waals surface area (Å²) in [5, 5.41) is 1.13. The molecule has 0 bridgehead atoms. The summed E-state index contributed by atoms with van der Waals surface area (Å²) < 4.78 is 32.2. The lowest BCUT2D eigenvalue weighted by Gasteiger charge is -2.26. The van der Waals surface area contributed by atoms with Crippen molar-refractivity contribution in [1.82, 2.24) is 14.9 Å². The van der Waals surface area contributed by atoms with Gasteiger partial charge in [-0.25, -0.2) is 14.4 Å². The summed E-state index contributed by atoms with van der Waals surface area (Å²) in [4.78, 5) is 25.9. The molecule has 5 aromatic rings. The van der Waals surface area contributed by atoms with Crippen molar-refractivity contribution in [3.63, 3.8) is 0 Å². The van der Waals surface area contributed by atoms with Crippen molar-refractivity contribution in [2.45, 2.75) is 12.5 Å². The van der Waals surface area contributed by atoms with Crippen LogP contribution in [0.1, 0.15) is 5.56 Å². The van der Waals surface area contributed by atoms with Crippen LogP contribution < -0.4 is 14.2 Å². The zero-order valence-electron chi connectivity index (χ0n) is 22.3. The Morgan fingerprint density at radius 2 is 1.93 bits per heavy atom. The molecular weight excluding hydrogens is 565 g/mol. The topological polar surface area (TPSA) is 73.8 Å². The first-order valence-electron chi connectivity index (χ1n) is 12.9. The number of thiophene rings is 1. The van der Waals surface area contributed by atoms with Gasteiger partial charge in [0.1, 0.15) is 35.1 Å². The smallest absolute Gasteiger partial charge is 0.263 e. The highest BCUT2D eigenvalue weighted by Crippen LogP contribution is 2.50. The molecule has 41 heavy (non-hydrogen) atoms. The molecule has 0 saturated carbocycles. The minimum atomic E-state index is -0.908. The van der Waals surface area contributed by atoms with Gasteiger partial charge in [0.25, 0.3) is 5.91 Å². The van der Waals surface area contributed by atoms with E-state index in [-0.39, 0.29) is 30.6 Å². The summed E-state index contributed by atoms with van der Waals surface area (Å²) in [6, 6.07) is 19.2. The van der Waals surface area contributed by atoms with Gasteiger partial charge in [-0.15, -0.1) is 11.3 Å². The molecule has 0 N–H and O–H groups in total. The van der Waals surface area contributed by atoms with Gasteiger partial charge < -0.3 is 19.1 Å². The fraction of sp³-hybridized carbons (Fsp3) is 0.194. The molecule has 0 aliphatic carbocycles. The van der Waals surface area contributed by atoms with Crippen molar-refractivity contribution >= 4 is 39.1 Å². The summed E-state index contributed by atoms with van der Waals surface area (Å²) in [6.45, 7) is 0.572. The Hall–Kier alpha value is -4.21. The average Bonchev–Trinajstić information content (AvgIpc) is 3.37. The number of rotatable bonds is 4. The Labute approximate surface area is 245 Å². The Morgan fingerprint density at radius 3 is 2.73 bits per heavy atom. The highest BCUT2D eigenvalue weighted by molar-refractivity contribution is 7.22. The molecule has 1 atom stereocenters. The highest BCUT2D eigenvalue weighted by atomic mass is 35.5.